The zero-order valence-electron chi connectivity index (χ0n) is 19.9. The third kappa shape index (κ3) is 5.38. The van der Waals surface area contributed by atoms with Crippen molar-refractivity contribution in [2.24, 2.45) is 5.10 Å². The fraction of sp³-hybridized carbons (Fsp3) is 0. The van der Waals surface area contributed by atoms with Gasteiger partial charge in [0.2, 0.25) is 0 Å². The number of amides is 3. The number of nitrogens with one attached hydrogen (secondary N) is 3. The number of para-hydroxylation sites is 1. The van der Waals surface area contributed by atoms with Crippen LogP contribution in [0.2, 0.25) is 5.02 Å². The van der Waals surface area contributed by atoms with Crippen LogP contribution in [-0.2, 0) is 9.59 Å². The van der Waals surface area contributed by atoms with Gasteiger partial charge >= 0.3 is 11.8 Å². The van der Waals surface area contributed by atoms with Crippen LogP contribution in [0.1, 0.15) is 15.9 Å². The average Bonchev–Trinajstić information content (AvgIpc) is 2.94. The second-order valence-electron chi connectivity index (χ2n) is 8.39. The van der Waals surface area contributed by atoms with Crippen LogP contribution in [0.25, 0.3) is 21.5 Å². The summed E-state index contributed by atoms with van der Waals surface area (Å²) in [5, 5.41) is 13.8. The Labute approximate surface area is 223 Å². The molecule has 0 atom stereocenters. The molecular formula is C30H21ClN4O3. The average molecular weight is 521 g/mol. The maximum Gasteiger partial charge on any atom is 0.329 e. The largest absolute Gasteiger partial charge is 0.329 e. The number of carbonyl (C=O) groups excluding carboxylic acids is 3. The first kappa shape index (κ1) is 24.7. The van der Waals surface area contributed by atoms with Gasteiger partial charge in [0.05, 0.1) is 17.5 Å². The second-order valence-corrected chi connectivity index (χ2v) is 8.83. The highest BCUT2D eigenvalue weighted by molar-refractivity contribution is 6.40. The van der Waals surface area contributed by atoms with Crippen LogP contribution in [0.4, 0.5) is 11.4 Å². The van der Waals surface area contributed by atoms with Crippen LogP contribution in [0.3, 0.4) is 0 Å². The van der Waals surface area contributed by atoms with Crippen LogP contribution >= 0.6 is 11.6 Å². The van der Waals surface area contributed by atoms with Gasteiger partial charge in [0, 0.05) is 16.3 Å². The molecule has 0 aromatic heterocycles. The zero-order valence-corrected chi connectivity index (χ0v) is 20.7. The molecule has 7 nitrogen and oxygen atoms in total. The van der Waals surface area contributed by atoms with E-state index in [4.69, 9.17) is 11.6 Å². The van der Waals surface area contributed by atoms with Crippen molar-refractivity contribution in [3.05, 3.63) is 119 Å². The SMILES string of the molecule is O=C(N/N=C\c1c2ccccc2cc2ccccc12)C(=O)Nc1ccccc1C(=O)Nc1ccc(Cl)cc1. The number of carbonyl (C=O) groups is 3. The molecule has 8 heteroatoms. The molecule has 0 aliphatic carbocycles. The van der Waals surface area contributed by atoms with Crippen LogP contribution in [0.15, 0.2) is 108 Å². The van der Waals surface area contributed by atoms with E-state index in [1.165, 1.54) is 12.3 Å². The molecule has 5 aromatic rings. The maximum absolute atomic E-state index is 12.8. The van der Waals surface area contributed by atoms with E-state index in [0.29, 0.717) is 10.7 Å². The Morgan fingerprint density at radius 3 is 1.97 bits per heavy atom. The van der Waals surface area contributed by atoms with Gasteiger partial charge in [-0.2, -0.15) is 5.10 Å². The number of benzene rings is 5. The van der Waals surface area contributed by atoms with Crippen LogP contribution in [0.5, 0.6) is 0 Å². The molecule has 0 bridgehead atoms. The van der Waals surface area contributed by atoms with Crippen molar-refractivity contribution in [2.75, 3.05) is 10.6 Å². The van der Waals surface area contributed by atoms with Crippen molar-refractivity contribution >= 4 is 68.5 Å². The van der Waals surface area contributed by atoms with Crippen LogP contribution < -0.4 is 16.1 Å². The summed E-state index contributed by atoms with van der Waals surface area (Å²) >= 11 is 5.89. The summed E-state index contributed by atoms with van der Waals surface area (Å²) in [7, 11) is 0. The maximum atomic E-state index is 12.8. The highest BCUT2D eigenvalue weighted by Gasteiger charge is 2.18. The molecule has 5 rings (SSSR count). The molecule has 0 aliphatic rings. The van der Waals surface area contributed by atoms with E-state index >= 15 is 0 Å². The summed E-state index contributed by atoms with van der Waals surface area (Å²) in [6.45, 7) is 0. The van der Waals surface area contributed by atoms with E-state index in [2.05, 4.69) is 27.2 Å². The van der Waals surface area contributed by atoms with E-state index < -0.39 is 17.7 Å². The van der Waals surface area contributed by atoms with Gasteiger partial charge in [-0.1, -0.05) is 72.3 Å². The Morgan fingerprint density at radius 2 is 1.29 bits per heavy atom. The first-order chi connectivity index (χ1) is 18.5. The summed E-state index contributed by atoms with van der Waals surface area (Å²) in [5.74, 6) is -2.39. The van der Waals surface area contributed by atoms with Crippen molar-refractivity contribution in [2.45, 2.75) is 0 Å². The van der Waals surface area contributed by atoms with Gasteiger partial charge < -0.3 is 10.6 Å². The lowest BCUT2D eigenvalue weighted by molar-refractivity contribution is -0.136. The number of rotatable bonds is 5. The van der Waals surface area contributed by atoms with E-state index in [1.54, 1.807) is 42.5 Å². The first-order valence-electron chi connectivity index (χ1n) is 11.7. The minimum Gasteiger partial charge on any atom is -0.322 e. The number of hydrazone groups is 1. The van der Waals surface area contributed by atoms with Gasteiger partial charge in [-0.25, -0.2) is 5.43 Å². The molecule has 3 N–H and O–H groups in total. The third-order valence-electron chi connectivity index (χ3n) is 5.90. The van der Waals surface area contributed by atoms with E-state index in [1.807, 2.05) is 48.5 Å². The smallest absolute Gasteiger partial charge is 0.322 e. The van der Waals surface area contributed by atoms with E-state index in [9.17, 15) is 14.4 Å². The molecule has 5 aromatic carbocycles. The topological polar surface area (TPSA) is 99.7 Å². The minimum absolute atomic E-state index is 0.183. The molecule has 0 radical (unpaired) electrons. The first-order valence-corrected chi connectivity index (χ1v) is 12.1. The van der Waals surface area contributed by atoms with Gasteiger partial charge in [0.15, 0.2) is 0 Å². The van der Waals surface area contributed by atoms with Crippen molar-refractivity contribution in [3.63, 3.8) is 0 Å². The number of hydrogen-bond donors (Lipinski definition) is 3. The lowest BCUT2D eigenvalue weighted by Gasteiger charge is -2.11. The van der Waals surface area contributed by atoms with Gasteiger partial charge in [0.1, 0.15) is 0 Å². The molecule has 0 fully saturated rings. The Kier molecular flexibility index (Phi) is 7.10. The molecule has 0 saturated heterocycles. The number of nitrogens with zero attached hydrogens (tertiary/aromatic N) is 1. The minimum atomic E-state index is -0.973. The molecule has 0 saturated carbocycles. The summed E-state index contributed by atoms with van der Waals surface area (Å²) in [6.07, 6.45) is 1.53. The highest BCUT2D eigenvalue weighted by atomic mass is 35.5. The molecule has 0 unspecified atom stereocenters. The number of fused-ring (bicyclic) bond motifs is 2. The van der Waals surface area contributed by atoms with Gasteiger partial charge in [0.25, 0.3) is 5.91 Å². The fourth-order valence-corrected chi connectivity index (χ4v) is 4.22. The number of anilines is 2. The van der Waals surface area contributed by atoms with Crippen LogP contribution in [0, 0.1) is 0 Å². The van der Waals surface area contributed by atoms with Crippen molar-refractivity contribution in [3.8, 4) is 0 Å². The zero-order chi connectivity index (χ0) is 26.5. The lowest BCUT2D eigenvalue weighted by Crippen LogP contribution is -2.33. The van der Waals surface area contributed by atoms with E-state index in [-0.39, 0.29) is 11.3 Å². The van der Waals surface area contributed by atoms with Crippen molar-refractivity contribution in [1.82, 2.24) is 5.43 Å². The Bertz CT molecular complexity index is 1660. The Balaban J connectivity index is 1.30. The van der Waals surface area contributed by atoms with Crippen molar-refractivity contribution in [1.29, 1.82) is 0 Å². The van der Waals surface area contributed by atoms with Gasteiger partial charge in [-0.15, -0.1) is 0 Å². The molecule has 3 amide bonds. The van der Waals surface area contributed by atoms with Gasteiger partial charge in [-0.05, 0) is 64.0 Å². The van der Waals surface area contributed by atoms with Gasteiger partial charge in [-0.3, -0.25) is 14.4 Å². The van der Waals surface area contributed by atoms with Crippen LogP contribution in [-0.4, -0.2) is 23.9 Å². The fourth-order valence-electron chi connectivity index (χ4n) is 4.10. The molecule has 186 valence electrons. The predicted octanol–water partition coefficient (Wildman–Crippen LogP) is 5.99. The Hall–Kier alpha value is -5.01. The number of halogens is 1. The Morgan fingerprint density at radius 1 is 0.684 bits per heavy atom. The third-order valence-corrected chi connectivity index (χ3v) is 6.15. The van der Waals surface area contributed by atoms with E-state index in [0.717, 1.165) is 27.1 Å². The highest BCUT2D eigenvalue weighted by Crippen LogP contribution is 2.27. The second kappa shape index (κ2) is 10.9. The summed E-state index contributed by atoms with van der Waals surface area (Å²) in [4.78, 5) is 37.9. The summed E-state index contributed by atoms with van der Waals surface area (Å²) < 4.78 is 0. The number of hydrogen-bond acceptors (Lipinski definition) is 4. The normalized spacial score (nSPS) is 11.0. The monoisotopic (exact) mass is 520 g/mol. The molecular weight excluding hydrogens is 500 g/mol. The lowest BCUT2D eigenvalue weighted by atomic mass is 9.97. The molecule has 38 heavy (non-hydrogen) atoms. The summed E-state index contributed by atoms with van der Waals surface area (Å²) in [6, 6.07) is 30.8. The summed E-state index contributed by atoms with van der Waals surface area (Å²) in [5.41, 5.74) is 4.01. The predicted molar refractivity (Wildman–Crippen MR) is 152 cm³/mol. The molecule has 0 heterocycles. The van der Waals surface area contributed by atoms with Crippen molar-refractivity contribution < 1.29 is 14.4 Å². The molecule has 0 spiro atoms. The standard InChI is InChI=1S/C30H21ClN4O3/c31-21-13-15-22(16-14-21)33-28(36)25-11-5-6-12-27(25)34-29(37)30(38)35-32-18-26-23-9-3-1-7-19(23)17-20-8-2-4-10-24(20)26/h1-18H,(H,33,36)(H,34,37)(H,35,38)/b32-18-. The molecule has 0 aliphatic heterocycles. The quantitative estimate of drug-likeness (QED) is 0.115.